The highest BCUT2D eigenvalue weighted by molar-refractivity contribution is 7.09. The first kappa shape index (κ1) is 14.5. The van der Waals surface area contributed by atoms with Gasteiger partial charge in [-0.3, -0.25) is 0 Å². The van der Waals surface area contributed by atoms with Crippen LogP contribution in [0.2, 0.25) is 0 Å². The fourth-order valence-electron chi connectivity index (χ4n) is 1.17. The van der Waals surface area contributed by atoms with Gasteiger partial charge in [0.15, 0.2) is 0 Å². The molecular formula is C11H18F2N2OS. The molecule has 1 aromatic heterocycles. The number of nitrogens with zero attached hydrogens (tertiary/aromatic N) is 1. The first-order chi connectivity index (χ1) is 7.95. The lowest BCUT2D eigenvalue weighted by Gasteiger charge is -2.19. The van der Waals surface area contributed by atoms with Gasteiger partial charge in [-0.25, -0.2) is 13.8 Å². The number of halogens is 2. The Morgan fingerprint density at radius 3 is 2.82 bits per heavy atom. The fraction of sp³-hybridized carbons (Fsp3) is 0.727. The summed E-state index contributed by atoms with van der Waals surface area (Å²) in [5.74, 6) is 0. The average molecular weight is 264 g/mol. The van der Waals surface area contributed by atoms with Gasteiger partial charge < -0.3 is 10.5 Å². The van der Waals surface area contributed by atoms with E-state index in [4.69, 9.17) is 10.5 Å². The maximum Gasteiger partial charge on any atom is 0.261 e. The van der Waals surface area contributed by atoms with Crippen molar-refractivity contribution in [3.8, 4) is 0 Å². The van der Waals surface area contributed by atoms with Crippen LogP contribution in [0, 0.1) is 0 Å². The Labute approximate surface area is 104 Å². The monoisotopic (exact) mass is 264 g/mol. The quantitative estimate of drug-likeness (QED) is 0.768. The van der Waals surface area contributed by atoms with E-state index in [1.54, 1.807) is 0 Å². The molecule has 0 unspecified atom stereocenters. The van der Waals surface area contributed by atoms with Crippen LogP contribution in [0.15, 0.2) is 5.38 Å². The molecule has 6 heteroatoms. The van der Waals surface area contributed by atoms with Gasteiger partial charge in [0.05, 0.1) is 17.3 Å². The Hall–Kier alpha value is -0.590. The fourth-order valence-corrected chi connectivity index (χ4v) is 2.14. The van der Waals surface area contributed by atoms with E-state index < -0.39 is 13.0 Å². The summed E-state index contributed by atoms with van der Waals surface area (Å²) in [6.07, 6.45) is -1.84. The molecule has 0 saturated carbocycles. The molecule has 0 aliphatic rings. The molecule has 0 aliphatic carbocycles. The molecule has 0 saturated heterocycles. The van der Waals surface area contributed by atoms with Crippen LogP contribution in [0.3, 0.4) is 0 Å². The summed E-state index contributed by atoms with van der Waals surface area (Å²) in [6, 6.07) is 0. The molecule has 98 valence electrons. The first-order valence-corrected chi connectivity index (χ1v) is 6.34. The summed E-state index contributed by atoms with van der Waals surface area (Å²) in [5, 5.41) is 2.87. The lowest BCUT2D eigenvalue weighted by Crippen LogP contribution is -2.28. The van der Waals surface area contributed by atoms with Crippen LogP contribution in [0.1, 0.15) is 24.5 Å². The van der Waals surface area contributed by atoms with E-state index in [1.165, 1.54) is 11.3 Å². The second kappa shape index (κ2) is 6.37. The van der Waals surface area contributed by atoms with E-state index in [-0.39, 0.29) is 12.0 Å². The number of alkyl halides is 2. The molecule has 0 aromatic carbocycles. The van der Waals surface area contributed by atoms with Crippen molar-refractivity contribution in [2.24, 2.45) is 5.73 Å². The molecule has 0 aliphatic heterocycles. The predicted molar refractivity (Wildman–Crippen MR) is 64.7 cm³/mol. The molecule has 3 nitrogen and oxygen atoms in total. The van der Waals surface area contributed by atoms with Crippen LogP contribution >= 0.6 is 11.3 Å². The number of hydrogen-bond acceptors (Lipinski definition) is 4. The van der Waals surface area contributed by atoms with Gasteiger partial charge in [-0.2, -0.15) is 0 Å². The summed E-state index contributed by atoms with van der Waals surface area (Å²) < 4.78 is 28.4. The maximum absolute atomic E-state index is 11.8. The van der Waals surface area contributed by atoms with E-state index in [2.05, 4.69) is 4.98 Å². The number of rotatable bonds is 7. The van der Waals surface area contributed by atoms with Gasteiger partial charge in [0, 0.05) is 23.8 Å². The van der Waals surface area contributed by atoms with Crippen molar-refractivity contribution in [1.29, 1.82) is 0 Å². The molecule has 0 bridgehead atoms. The number of aromatic nitrogens is 1. The van der Waals surface area contributed by atoms with Crippen LogP contribution < -0.4 is 5.73 Å². The highest BCUT2D eigenvalue weighted by atomic mass is 32.1. The lowest BCUT2D eigenvalue weighted by molar-refractivity contribution is 0.0187. The van der Waals surface area contributed by atoms with Crippen molar-refractivity contribution >= 4 is 11.3 Å². The molecular weight excluding hydrogens is 246 g/mol. The zero-order valence-electron chi connectivity index (χ0n) is 10.1. The van der Waals surface area contributed by atoms with Gasteiger partial charge >= 0.3 is 0 Å². The molecule has 0 fully saturated rings. The van der Waals surface area contributed by atoms with Crippen molar-refractivity contribution in [1.82, 2.24) is 4.98 Å². The Kier molecular flexibility index (Phi) is 5.42. The second-order valence-electron chi connectivity index (χ2n) is 4.43. The van der Waals surface area contributed by atoms with Crippen molar-refractivity contribution in [3.05, 3.63) is 16.1 Å². The van der Waals surface area contributed by atoms with Crippen LogP contribution in [0.25, 0.3) is 0 Å². The molecule has 0 radical (unpaired) electrons. The third kappa shape index (κ3) is 4.65. The van der Waals surface area contributed by atoms with Crippen molar-refractivity contribution < 1.29 is 13.5 Å². The molecule has 1 heterocycles. The number of hydrogen-bond donors (Lipinski definition) is 1. The molecule has 2 N–H and O–H groups in total. The van der Waals surface area contributed by atoms with Gasteiger partial charge in [-0.05, 0) is 0 Å². The molecule has 1 aromatic rings. The van der Waals surface area contributed by atoms with Gasteiger partial charge in [-0.1, -0.05) is 13.8 Å². The summed E-state index contributed by atoms with van der Waals surface area (Å²) in [6.45, 7) is 4.35. The van der Waals surface area contributed by atoms with Crippen molar-refractivity contribution in [2.45, 2.75) is 32.1 Å². The van der Waals surface area contributed by atoms with Crippen LogP contribution in [0.5, 0.6) is 0 Å². The Balaban J connectivity index is 2.41. The van der Waals surface area contributed by atoms with Gasteiger partial charge in [0.2, 0.25) is 0 Å². The van der Waals surface area contributed by atoms with E-state index in [0.717, 1.165) is 10.7 Å². The highest BCUT2D eigenvalue weighted by Crippen LogP contribution is 2.23. The van der Waals surface area contributed by atoms with Gasteiger partial charge in [0.1, 0.15) is 6.61 Å². The minimum Gasteiger partial charge on any atom is -0.375 e. The first-order valence-electron chi connectivity index (χ1n) is 5.46. The SMILES string of the molecule is CC(C)(CN)c1csc(CCOCC(F)F)n1. The Morgan fingerprint density at radius 1 is 1.53 bits per heavy atom. The molecule has 1 rings (SSSR count). The van der Waals surface area contributed by atoms with Crippen LogP contribution in [-0.4, -0.2) is 31.2 Å². The maximum atomic E-state index is 11.8. The minimum absolute atomic E-state index is 0.140. The summed E-state index contributed by atoms with van der Waals surface area (Å²) in [4.78, 5) is 4.44. The van der Waals surface area contributed by atoms with E-state index in [9.17, 15) is 8.78 Å². The average Bonchev–Trinajstić information content (AvgIpc) is 2.73. The molecule has 0 atom stereocenters. The van der Waals surface area contributed by atoms with E-state index in [0.29, 0.717) is 13.0 Å². The number of nitrogens with two attached hydrogens (primary N) is 1. The Morgan fingerprint density at radius 2 is 2.24 bits per heavy atom. The van der Waals surface area contributed by atoms with Crippen LogP contribution in [0.4, 0.5) is 8.78 Å². The molecule has 0 spiro atoms. The molecule has 17 heavy (non-hydrogen) atoms. The van der Waals surface area contributed by atoms with Crippen molar-refractivity contribution in [3.63, 3.8) is 0 Å². The summed E-state index contributed by atoms with van der Waals surface area (Å²) in [5.41, 5.74) is 6.47. The zero-order chi connectivity index (χ0) is 12.9. The third-order valence-electron chi connectivity index (χ3n) is 2.46. The summed E-state index contributed by atoms with van der Waals surface area (Å²) in [7, 11) is 0. The lowest BCUT2D eigenvalue weighted by atomic mass is 9.90. The zero-order valence-corrected chi connectivity index (χ0v) is 10.9. The minimum atomic E-state index is -2.40. The normalized spacial score (nSPS) is 12.4. The number of ether oxygens (including phenoxy) is 1. The summed E-state index contributed by atoms with van der Waals surface area (Å²) >= 11 is 1.52. The Bertz CT molecular complexity index is 342. The topological polar surface area (TPSA) is 48.1 Å². The van der Waals surface area contributed by atoms with E-state index >= 15 is 0 Å². The van der Waals surface area contributed by atoms with Gasteiger partial charge in [0.25, 0.3) is 6.43 Å². The second-order valence-corrected chi connectivity index (χ2v) is 5.37. The highest BCUT2D eigenvalue weighted by Gasteiger charge is 2.21. The van der Waals surface area contributed by atoms with Crippen LogP contribution in [-0.2, 0) is 16.6 Å². The third-order valence-corrected chi connectivity index (χ3v) is 3.37. The smallest absolute Gasteiger partial charge is 0.261 e. The standard InChI is InChI=1S/C11H18F2N2OS/c1-11(2,7-14)8-6-17-10(15-8)3-4-16-5-9(12)13/h6,9H,3-5,7,14H2,1-2H3. The largest absolute Gasteiger partial charge is 0.375 e. The number of thiazole rings is 1. The van der Waals surface area contributed by atoms with Gasteiger partial charge in [-0.15, -0.1) is 11.3 Å². The van der Waals surface area contributed by atoms with E-state index in [1.807, 2.05) is 19.2 Å². The molecule has 0 amide bonds. The predicted octanol–water partition coefficient (Wildman–Crippen LogP) is 2.20. The van der Waals surface area contributed by atoms with Crippen molar-refractivity contribution in [2.75, 3.05) is 19.8 Å².